The third kappa shape index (κ3) is 7.45. The van der Waals surface area contributed by atoms with Gasteiger partial charge < -0.3 is 9.47 Å². The van der Waals surface area contributed by atoms with Crippen LogP contribution in [0.5, 0.6) is 0 Å². The van der Waals surface area contributed by atoms with Crippen molar-refractivity contribution in [3.63, 3.8) is 0 Å². The molecule has 0 radical (unpaired) electrons. The molecule has 0 spiro atoms. The number of alkyl halides is 2. The molecule has 0 heterocycles. The molecule has 15 heavy (non-hydrogen) atoms. The van der Waals surface area contributed by atoms with Crippen LogP contribution < -0.4 is 0 Å². The molecule has 0 aromatic carbocycles. The number of ether oxygens (including phenoxy) is 2. The first-order valence-electron chi connectivity index (χ1n) is 5.19. The van der Waals surface area contributed by atoms with Gasteiger partial charge in [-0.05, 0) is 6.42 Å². The van der Waals surface area contributed by atoms with E-state index in [9.17, 15) is 8.78 Å². The molecule has 4 heteroatoms. The van der Waals surface area contributed by atoms with E-state index in [-0.39, 0.29) is 6.42 Å². The van der Waals surface area contributed by atoms with E-state index < -0.39 is 18.6 Å². The first-order valence-corrected chi connectivity index (χ1v) is 5.19. The monoisotopic (exact) mass is 222 g/mol. The fraction of sp³-hybridized carbons (Fsp3) is 0.818. The Hall–Kier alpha value is -0.480. The third-order valence-electron chi connectivity index (χ3n) is 1.97. The van der Waals surface area contributed by atoms with Crippen molar-refractivity contribution in [2.45, 2.75) is 44.8 Å². The zero-order chi connectivity index (χ0) is 11.7. The van der Waals surface area contributed by atoms with Crippen molar-refractivity contribution in [1.29, 1.82) is 0 Å². The lowest BCUT2D eigenvalue weighted by molar-refractivity contribution is -0.169. The maximum atomic E-state index is 13.1. The van der Waals surface area contributed by atoms with Gasteiger partial charge in [-0.2, -0.15) is 0 Å². The van der Waals surface area contributed by atoms with Gasteiger partial charge in [-0.1, -0.05) is 19.4 Å². The van der Waals surface area contributed by atoms with Gasteiger partial charge in [-0.15, -0.1) is 6.58 Å². The molecular weight excluding hydrogens is 202 g/mol. The van der Waals surface area contributed by atoms with Gasteiger partial charge in [0.2, 0.25) is 0 Å². The zero-order valence-electron chi connectivity index (χ0n) is 9.47. The molecule has 0 aromatic heterocycles. The molecule has 0 aliphatic heterocycles. The fourth-order valence-corrected chi connectivity index (χ4v) is 1.11. The van der Waals surface area contributed by atoms with E-state index in [2.05, 4.69) is 6.58 Å². The zero-order valence-corrected chi connectivity index (χ0v) is 9.47. The lowest BCUT2D eigenvalue weighted by Gasteiger charge is -2.21. The van der Waals surface area contributed by atoms with Crippen LogP contribution in [0.3, 0.4) is 0 Å². The Morgan fingerprint density at radius 1 is 1.47 bits per heavy atom. The summed E-state index contributed by atoms with van der Waals surface area (Å²) in [6.07, 6.45) is 1.44. The molecule has 0 rings (SSSR count). The molecule has 1 atom stereocenters. The summed E-state index contributed by atoms with van der Waals surface area (Å²) in [4.78, 5) is 0. The van der Waals surface area contributed by atoms with E-state index in [0.29, 0.717) is 6.61 Å². The van der Waals surface area contributed by atoms with Crippen molar-refractivity contribution in [2.75, 3.05) is 13.7 Å². The van der Waals surface area contributed by atoms with E-state index in [1.807, 2.05) is 6.92 Å². The van der Waals surface area contributed by atoms with E-state index in [0.717, 1.165) is 12.8 Å². The normalized spacial score (nSPS) is 13.9. The van der Waals surface area contributed by atoms with Crippen molar-refractivity contribution in [2.24, 2.45) is 0 Å². The Morgan fingerprint density at radius 3 is 2.60 bits per heavy atom. The van der Waals surface area contributed by atoms with Crippen molar-refractivity contribution in [3.05, 3.63) is 12.7 Å². The lowest BCUT2D eigenvalue weighted by atomic mass is 10.1. The number of allylic oxidation sites excluding steroid dienone is 1. The molecule has 0 amide bonds. The second kappa shape index (κ2) is 7.77. The Bertz CT molecular complexity index is 172. The summed E-state index contributed by atoms with van der Waals surface area (Å²) in [5.41, 5.74) is 0. The highest BCUT2D eigenvalue weighted by Crippen LogP contribution is 2.26. The van der Waals surface area contributed by atoms with Crippen molar-refractivity contribution < 1.29 is 18.3 Å². The van der Waals surface area contributed by atoms with Gasteiger partial charge in [0.05, 0.1) is 6.42 Å². The van der Waals surface area contributed by atoms with Gasteiger partial charge in [0.1, 0.15) is 0 Å². The van der Waals surface area contributed by atoms with Gasteiger partial charge in [0.25, 0.3) is 5.92 Å². The number of hydrogen-bond donors (Lipinski definition) is 0. The molecule has 0 aliphatic rings. The minimum absolute atomic E-state index is 0.343. The van der Waals surface area contributed by atoms with Crippen molar-refractivity contribution in [1.82, 2.24) is 0 Å². The first kappa shape index (κ1) is 14.5. The fourth-order valence-electron chi connectivity index (χ4n) is 1.11. The molecule has 90 valence electrons. The van der Waals surface area contributed by atoms with E-state index in [1.165, 1.54) is 13.2 Å². The van der Waals surface area contributed by atoms with Crippen LogP contribution in [0.15, 0.2) is 12.7 Å². The Morgan fingerprint density at radius 2 is 2.13 bits per heavy atom. The van der Waals surface area contributed by atoms with Crippen LogP contribution in [-0.4, -0.2) is 25.9 Å². The van der Waals surface area contributed by atoms with E-state index in [4.69, 9.17) is 9.47 Å². The highest BCUT2D eigenvalue weighted by molar-refractivity contribution is 4.79. The van der Waals surface area contributed by atoms with Crippen LogP contribution >= 0.6 is 0 Å². The minimum atomic E-state index is -2.80. The van der Waals surface area contributed by atoms with Crippen LogP contribution in [0, 0.1) is 0 Å². The predicted octanol–water partition coefficient (Wildman–Crippen LogP) is 3.38. The second-order valence-electron chi connectivity index (χ2n) is 3.44. The summed E-state index contributed by atoms with van der Waals surface area (Å²) in [5, 5.41) is 0. The number of methoxy groups -OCH3 is 1. The molecule has 2 nitrogen and oxygen atoms in total. The summed E-state index contributed by atoms with van der Waals surface area (Å²) in [6.45, 7) is 5.76. The molecule has 0 saturated carbocycles. The quantitative estimate of drug-likeness (QED) is 0.338. The minimum Gasteiger partial charge on any atom is -0.356 e. The van der Waals surface area contributed by atoms with Gasteiger partial charge in [0, 0.05) is 20.1 Å². The highest BCUT2D eigenvalue weighted by Gasteiger charge is 2.31. The van der Waals surface area contributed by atoms with Gasteiger partial charge in [-0.3, -0.25) is 0 Å². The van der Waals surface area contributed by atoms with Crippen LogP contribution in [0.25, 0.3) is 0 Å². The molecule has 1 unspecified atom stereocenters. The lowest BCUT2D eigenvalue weighted by Crippen LogP contribution is -2.27. The number of unbranched alkanes of at least 4 members (excludes halogenated alkanes) is 1. The van der Waals surface area contributed by atoms with Gasteiger partial charge in [0.15, 0.2) is 6.29 Å². The average Bonchev–Trinajstić information content (AvgIpc) is 2.16. The van der Waals surface area contributed by atoms with Crippen LogP contribution in [-0.2, 0) is 9.47 Å². The number of hydrogen-bond acceptors (Lipinski definition) is 2. The Balaban J connectivity index is 3.90. The maximum Gasteiger partial charge on any atom is 0.256 e. The van der Waals surface area contributed by atoms with E-state index in [1.54, 1.807) is 0 Å². The van der Waals surface area contributed by atoms with Crippen molar-refractivity contribution in [3.8, 4) is 0 Å². The van der Waals surface area contributed by atoms with E-state index >= 15 is 0 Å². The SMILES string of the molecule is C=CCC(F)(F)CC(OC)OCCCC. The summed E-state index contributed by atoms with van der Waals surface area (Å²) in [5.74, 6) is -2.80. The van der Waals surface area contributed by atoms with Gasteiger partial charge in [-0.25, -0.2) is 8.78 Å². The number of halogens is 2. The average molecular weight is 222 g/mol. The molecule has 0 bridgehead atoms. The molecule has 0 saturated heterocycles. The first-order chi connectivity index (χ1) is 7.05. The van der Waals surface area contributed by atoms with Crippen molar-refractivity contribution >= 4 is 0 Å². The molecule has 0 fully saturated rings. The Labute approximate surface area is 90.3 Å². The maximum absolute atomic E-state index is 13.1. The molecule has 0 aromatic rings. The second-order valence-corrected chi connectivity index (χ2v) is 3.44. The third-order valence-corrected chi connectivity index (χ3v) is 1.97. The number of rotatable bonds is 9. The standard InChI is InChI=1S/C11H20F2O2/c1-4-6-8-15-10(14-3)9-11(12,13)7-5-2/h5,10H,2,4,6-9H2,1,3H3. The predicted molar refractivity (Wildman–Crippen MR) is 56.0 cm³/mol. The summed E-state index contributed by atoms with van der Waals surface area (Å²) < 4.78 is 36.3. The molecule has 0 aliphatic carbocycles. The van der Waals surface area contributed by atoms with Crippen LogP contribution in [0.2, 0.25) is 0 Å². The molecule has 0 N–H and O–H groups in total. The van der Waals surface area contributed by atoms with Gasteiger partial charge >= 0.3 is 0 Å². The summed E-state index contributed by atoms with van der Waals surface area (Å²) in [6, 6.07) is 0. The summed E-state index contributed by atoms with van der Waals surface area (Å²) >= 11 is 0. The van der Waals surface area contributed by atoms with Crippen LogP contribution in [0.4, 0.5) is 8.78 Å². The largest absolute Gasteiger partial charge is 0.356 e. The topological polar surface area (TPSA) is 18.5 Å². The smallest absolute Gasteiger partial charge is 0.256 e. The Kier molecular flexibility index (Phi) is 7.52. The molecular formula is C11H20F2O2. The highest BCUT2D eigenvalue weighted by atomic mass is 19.3. The summed E-state index contributed by atoms with van der Waals surface area (Å²) in [7, 11) is 1.38. The van der Waals surface area contributed by atoms with Crippen LogP contribution in [0.1, 0.15) is 32.6 Å².